The maximum Gasteiger partial charge on any atom is 0.243 e. The van der Waals surface area contributed by atoms with Gasteiger partial charge in [-0.05, 0) is 0 Å². The van der Waals surface area contributed by atoms with Gasteiger partial charge in [0.2, 0.25) is 29.7 Å². The minimum absolute atomic E-state index is 0.0455. The number of nitrogens with two attached hydrogens (primary N) is 3. The monoisotopic (exact) mass is 556 g/mol. The number of aromatic nitrogens is 6. The Kier molecular flexibility index (Phi) is 9.00. The van der Waals surface area contributed by atoms with Gasteiger partial charge < -0.3 is 62.3 Å². The molecular formula is C20H36N12O7. The first-order chi connectivity index (χ1) is 18.6. The van der Waals surface area contributed by atoms with Crippen LogP contribution in [-0.4, -0.2) is 122 Å². The number of carbonyl (C=O) groups is 1. The molecule has 0 radical (unpaired) electrons. The number of ether oxygens (including phenoxy) is 4. The predicted octanol–water partition coefficient (Wildman–Crippen LogP) is -3.72. The molecule has 0 aliphatic carbocycles. The van der Waals surface area contributed by atoms with Crippen LogP contribution in [0.1, 0.15) is 13.8 Å². The van der Waals surface area contributed by atoms with Gasteiger partial charge in [-0.25, -0.2) is 10.2 Å². The molecule has 2 fully saturated rings. The number of nitrogens with zero attached hydrogens (tertiary/aromatic N) is 4. The summed E-state index contributed by atoms with van der Waals surface area (Å²) in [6, 6.07) is -1.95. The highest BCUT2D eigenvalue weighted by molar-refractivity contribution is 5.73. The van der Waals surface area contributed by atoms with E-state index in [0.29, 0.717) is 0 Å². The molecular weight excluding hydrogens is 520 g/mol. The number of amides is 1. The highest BCUT2D eigenvalue weighted by Crippen LogP contribution is 2.31. The molecule has 2 saturated heterocycles. The molecule has 1 amide bonds. The third-order valence-corrected chi connectivity index (χ3v) is 6.64. The third-order valence-electron chi connectivity index (χ3n) is 6.64. The minimum atomic E-state index is -1.32. The van der Waals surface area contributed by atoms with Crippen LogP contribution in [0.25, 0.3) is 0 Å². The molecule has 0 spiro atoms. The molecule has 2 aromatic rings. The average molecular weight is 557 g/mol. The largest absolute Gasteiger partial charge is 0.391 e. The molecule has 39 heavy (non-hydrogen) atoms. The van der Waals surface area contributed by atoms with Gasteiger partial charge in [0, 0.05) is 33.0 Å². The van der Waals surface area contributed by atoms with Crippen molar-refractivity contribution in [3.63, 3.8) is 0 Å². The lowest BCUT2D eigenvalue weighted by molar-refractivity contribution is -0.315. The van der Waals surface area contributed by atoms with E-state index in [-0.39, 0.29) is 36.9 Å². The number of methoxy groups -OCH3 is 1. The first kappa shape index (κ1) is 28.7. The van der Waals surface area contributed by atoms with Crippen LogP contribution in [-0.2, 0) is 23.7 Å². The molecule has 13 N–H and O–H groups in total. The molecule has 4 rings (SSSR count). The predicted molar refractivity (Wildman–Crippen MR) is 135 cm³/mol. The Morgan fingerprint density at radius 3 is 2.08 bits per heavy atom. The lowest BCUT2D eigenvalue weighted by atomic mass is 9.89. The van der Waals surface area contributed by atoms with Gasteiger partial charge in [-0.2, -0.15) is 9.97 Å². The average Bonchev–Trinajstić information content (AvgIpc) is 3.52. The Morgan fingerprint density at radius 1 is 1.00 bits per heavy atom. The number of aliphatic hydroxyl groups is 2. The van der Waals surface area contributed by atoms with Crippen molar-refractivity contribution in [2.75, 3.05) is 42.3 Å². The lowest BCUT2D eigenvalue weighted by Gasteiger charge is -2.48. The summed E-state index contributed by atoms with van der Waals surface area (Å²) in [7, 11) is 1.38. The van der Waals surface area contributed by atoms with Crippen molar-refractivity contribution in [1.82, 2.24) is 35.7 Å². The van der Waals surface area contributed by atoms with Crippen molar-refractivity contribution in [1.29, 1.82) is 0 Å². The Labute approximate surface area is 222 Å². The van der Waals surface area contributed by atoms with Crippen LogP contribution in [0.4, 0.5) is 23.8 Å². The van der Waals surface area contributed by atoms with Crippen LogP contribution in [0.15, 0.2) is 0 Å². The first-order valence-electron chi connectivity index (χ1n) is 12.3. The molecule has 0 saturated carbocycles. The minimum Gasteiger partial charge on any atom is -0.391 e. The fourth-order valence-corrected chi connectivity index (χ4v) is 4.56. The Hall–Kier alpha value is -3.33. The van der Waals surface area contributed by atoms with Gasteiger partial charge in [-0.3, -0.25) is 4.79 Å². The van der Waals surface area contributed by atoms with E-state index in [9.17, 15) is 15.0 Å². The number of rotatable bonds is 10. The van der Waals surface area contributed by atoms with Gasteiger partial charge in [0.1, 0.15) is 24.4 Å². The van der Waals surface area contributed by atoms with E-state index in [4.69, 9.17) is 36.1 Å². The SMILES string of the molecule is COC1OC(CNc2n[nH]c(N)n2)C(OC2OC(CNc3n[nH]c(N)n3)C(C)C(O)C2N)C(O)C1NC(C)=O. The molecule has 4 heterocycles. The lowest BCUT2D eigenvalue weighted by Crippen LogP contribution is -2.68. The van der Waals surface area contributed by atoms with E-state index in [1.54, 1.807) is 6.92 Å². The molecule has 2 aliphatic rings. The third kappa shape index (κ3) is 6.64. The number of anilines is 4. The van der Waals surface area contributed by atoms with Crippen molar-refractivity contribution in [3.8, 4) is 0 Å². The van der Waals surface area contributed by atoms with Crippen LogP contribution in [0, 0.1) is 5.92 Å². The zero-order chi connectivity index (χ0) is 28.3. The normalized spacial score (nSPS) is 34.9. The quantitative estimate of drug-likeness (QED) is 0.134. The van der Waals surface area contributed by atoms with Crippen molar-refractivity contribution in [3.05, 3.63) is 0 Å². The van der Waals surface area contributed by atoms with Gasteiger partial charge in [0.05, 0.1) is 18.2 Å². The number of aromatic amines is 2. The van der Waals surface area contributed by atoms with E-state index in [0.717, 1.165) is 0 Å². The zero-order valence-electron chi connectivity index (χ0n) is 21.6. The summed E-state index contributed by atoms with van der Waals surface area (Å²) in [6.07, 6.45) is -7.06. The fourth-order valence-electron chi connectivity index (χ4n) is 4.56. The molecule has 0 aromatic carbocycles. The molecule has 2 aliphatic heterocycles. The van der Waals surface area contributed by atoms with E-state index in [1.165, 1.54) is 14.0 Å². The molecule has 10 unspecified atom stereocenters. The summed E-state index contributed by atoms with van der Waals surface area (Å²) in [4.78, 5) is 19.8. The second-order valence-corrected chi connectivity index (χ2v) is 9.42. The topological polar surface area (TPSA) is 292 Å². The highest BCUT2D eigenvalue weighted by Gasteiger charge is 2.50. The Balaban J connectivity index is 1.51. The van der Waals surface area contributed by atoms with Gasteiger partial charge in [0.25, 0.3) is 0 Å². The van der Waals surface area contributed by atoms with Crippen LogP contribution >= 0.6 is 0 Å². The second-order valence-electron chi connectivity index (χ2n) is 9.42. The summed E-state index contributed by atoms with van der Waals surface area (Å²) >= 11 is 0. The number of aliphatic hydroxyl groups excluding tert-OH is 2. The Morgan fingerprint density at radius 2 is 1.56 bits per heavy atom. The summed E-state index contributed by atoms with van der Waals surface area (Å²) < 4.78 is 23.7. The Bertz CT molecular complexity index is 1090. The van der Waals surface area contributed by atoms with Crippen LogP contribution in [0.5, 0.6) is 0 Å². The first-order valence-corrected chi connectivity index (χ1v) is 12.3. The molecule has 0 bridgehead atoms. The maximum atomic E-state index is 11.9. The number of H-pyrrole nitrogens is 2. The van der Waals surface area contributed by atoms with Crippen LogP contribution in [0.3, 0.4) is 0 Å². The smallest absolute Gasteiger partial charge is 0.243 e. The van der Waals surface area contributed by atoms with Crippen LogP contribution < -0.4 is 33.2 Å². The summed E-state index contributed by atoms with van der Waals surface area (Å²) in [5.41, 5.74) is 17.4. The van der Waals surface area contributed by atoms with Crippen molar-refractivity contribution < 1.29 is 34.0 Å². The molecule has 10 atom stereocenters. The molecule has 218 valence electrons. The highest BCUT2D eigenvalue weighted by atomic mass is 16.7. The number of hydrogen-bond acceptors (Lipinski definition) is 16. The van der Waals surface area contributed by atoms with Gasteiger partial charge in [-0.15, -0.1) is 10.2 Å². The summed E-state index contributed by atoms with van der Waals surface area (Å²) in [5.74, 6) is -0.119. The number of carbonyl (C=O) groups excluding carboxylic acids is 1. The van der Waals surface area contributed by atoms with Crippen molar-refractivity contribution >= 4 is 29.7 Å². The second kappa shape index (κ2) is 12.2. The molecule has 2 aromatic heterocycles. The van der Waals surface area contributed by atoms with Crippen LogP contribution in [0.2, 0.25) is 0 Å². The molecule has 19 heteroatoms. The van der Waals surface area contributed by atoms with Crippen molar-refractivity contribution in [2.24, 2.45) is 11.7 Å². The summed E-state index contributed by atoms with van der Waals surface area (Å²) in [6.45, 7) is 3.32. The van der Waals surface area contributed by atoms with Gasteiger partial charge in [0.15, 0.2) is 12.6 Å². The zero-order valence-corrected chi connectivity index (χ0v) is 21.6. The molecule has 19 nitrogen and oxygen atoms in total. The van der Waals surface area contributed by atoms with Gasteiger partial charge in [-0.1, -0.05) is 6.92 Å². The van der Waals surface area contributed by atoms with Crippen molar-refractivity contribution in [2.45, 2.75) is 69.0 Å². The number of nitrogen functional groups attached to an aromatic ring is 2. The van der Waals surface area contributed by atoms with E-state index < -0.39 is 67.0 Å². The standard InChI is InChI=1S/C20H36N12O7/c1-6-8(4-24-19-27-17(22)29-31-19)37-15(10(21)12(6)34)39-14-9(5-25-20-28-18(23)30-32-20)38-16(36-3)11(13(14)35)26-7(2)33/h6,8-16,34-35H,4-5,21H2,1-3H3,(H,26,33)(H4,22,24,27,29,31)(H4,23,25,28,30,32). The van der Waals surface area contributed by atoms with E-state index >= 15 is 0 Å². The fraction of sp³-hybridized carbons (Fsp3) is 0.750. The number of nitrogens with one attached hydrogen (secondary N) is 5. The maximum absolute atomic E-state index is 11.9. The van der Waals surface area contributed by atoms with E-state index in [2.05, 4.69) is 46.3 Å². The van der Waals surface area contributed by atoms with E-state index in [1.807, 2.05) is 0 Å². The summed E-state index contributed by atoms with van der Waals surface area (Å²) in [5, 5.41) is 43.6. The number of hydrogen-bond donors (Lipinski definition) is 10. The van der Waals surface area contributed by atoms with Gasteiger partial charge >= 0.3 is 0 Å².